The minimum absolute atomic E-state index is 0.0628. The van der Waals surface area contributed by atoms with E-state index < -0.39 is 41.7 Å². The molecular weight excluding hydrogens is 264 g/mol. The number of rotatable bonds is 5. The molecule has 1 rings (SSSR count). The molecule has 7 heteroatoms. The number of ether oxygens (including phenoxy) is 1. The SMILES string of the molecule is CC(C)NC(C#N)COc1c(F)c(F)cc(F)c1F. The van der Waals surface area contributed by atoms with Crippen molar-refractivity contribution >= 4 is 0 Å². The fourth-order valence-corrected chi connectivity index (χ4v) is 1.37. The first kappa shape index (κ1) is 15.2. The second-order valence-corrected chi connectivity index (χ2v) is 4.11. The summed E-state index contributed by atoms with van der Waals surface area (Å²) < 4.78 is 57.0. The van der Waals surface area contributed by atoms with Gasteiger partial charge in [-0.1, -0.05) is 0 Å². The lowest BCUT2D eigenvalue weighted by Crippen LogP contribution is -2.38. The van der Waals surface area contributed by atoms with E-state index in [1.54, 1.807) is 19.9 Å². The van der Waals surface area contributed by atoms with Gasteiger partial charge in [0.2, 0.25) is 11.6 Å². The first-order valence-corrected chi connectivity index (χ1v) is 5.48. The van der Waals surface area contributed by atoms with Crippen LogP contribution in [0.1, 0.15) is 13.8 Å². The topological polar surface area (TPSA) is 45.0 Å². The van der Waals surface area contributed by atoms with Crippen molar-refractivity contribution in [3.05, 3.63) is 29.3 Å². The maximum absolute atomic E-state index is 13.2. The zero-order valence-corrected chi connectivity index (χ0v) is 10.3. The van der Waals surface area contributed by atoms with Gasteiger partial charge in [-0.25, -0.2) is 8.78 Å². The molecule has 0 heterocycles. The highest BCUT2D eigenvalue weighted by atomic mass is 19.2. The number of nitrogens with one attached hydrogen (secondary N) is 1. The summed E-state index contributed by atoms with van der Waals surface area (Å²) in [4.78, 5) is 0. The largest absolute Gasteiger partial charge is 0.485 e. The summed E-state index contributed by atoms with van der Waals surface area (Å²) in [5.74, 6) is -7.53. The van der Waals surface area contributed by atoms with E-state index in [1.165, 1.54) is 0 Å². The minimum atomic E-state index is -1.62. The Labute approximate surface area is 107 Å². The van der Waals surface area contributed by atoms with Gasteiger partial charge < -0.3 is 4.74 Å². The van der Waals surface area contributed by atoms with Crippen LogP contribution in [0.3, 0.4) is 0 Å². The highest BCUT2D eigenvalue weighted by Crippen LogP contribution is 2.26. The predicted octanol–water partition coefficient (Wildman–Crippen LogP) is 2.51. The molecule has 1 N–H and O–H groups in total. The van der Waals surface area contributed by atoms with E-state index in [2.05, 4.69) is 10.1 Å². The highest BCUT2D eigenvalue weighted by Gasteiger charge is 2.21. The lowest BCUT2D eigenvalue weighted by atomic mass is 10.2. The van der Waals surface area contributed by atoms with E-state index in [-0.39, 0.29) is 12.1 Å². The van der Waals surface area contributed by atoms with Crippen LogP contribution in [0.5, 0.6) is 5.75 Å². The van der Waals surface area contributed by atoms with Gasteiger partial charge in [-0.2, -0.15) is 14.0 Å². The van der Waals surface area contributed by atoms with E-state index in [4.69, 9.17) is 5.26 Å². The lowest BCUT2D eigenvalue weighted by Gasteiger charge is -2.16. The van der Waals surface area contributed by atoms with Crippen molar-refractivity contribution in [2.24, 2.45) is 0 Å². The standard InChI is InChI=1S/C12H12F4N2O/c1-6(2)18-7(4-17)5-19-12-10(15)8(13)3-9(14)11(12)16/h3,6-7,18H,5H2,1-2H3. The second kappa shape index (κ2) is 6.38. The average Bonchev–Trinajstić information content (AvgIpc) is 2.34. The van der Waals surface area contributed by atoms with Gasteiger partial charge in [0.15, 0.2) is 17.4 Å². The van der Waals surface area contributed by atoms with Gasteiger partial charge in [0, 0.05) is 12.1 Å². The predicted molar refractivity (Wildman–Crippen MR) is 59.4 cm³/mol. The van der Waals surface area contributed by atoms with Crippen LogP contribution in [0.25, 0.3) is 0 Å². The zero-order chi connectivity index (χ0) is 14.6. The van der Waals surface area contributed by atoms with E-state index in [0.29, 0.717) is 0 Å². The summed E-state index contributed by atoms with van der Waals surface area (Å²) in [5.41, 5.74) is 0. The molecule has 0 saturated heterocycles. The first-order chi connectivity index (χ1) is 8.86. The van der Waals surface area contributed by atoms with Crippen LogP contribution in [0.4, 0.5) is 17.6 Å². The van der Waals surface area contributed by atoms with Crippen molar-refractivity contribution in [3.63, 3.8) is 0 Å². The maximum atomic E-state index is 13.2. The van der Waals surface area contributed by atoms with Crippen LogP contribution in [0.2, 0.25) is 0 Å². The molecule has 1 aromatic rings. The molecule has 3 nitrogen and oxygen atoms in total. The normalized spacial score (nSPS) is 12.3. The van der Waals surface area contributed by atoms with Crippen molar-refractivity contribution in [3.8, 4) is 11.8 Å². The Morgan fingerprint density at radius 2 is 1.74 bits per heavy atom. The second-order valence-electron chi connectivity index (χ2n) is 4.11. The van der Waals surface area contributed by atoms with E-state index >= 15 is 0 Å². The Morgan fingerprint density at radius 1 is 1.21 bits per heavy atom. The molecule has 0 aromatic heterocycles. The summed E-state index contributed by atoms with van der Waals surface area (Å²) in [7, 11) is 0. The molecule has 0 bridgehead atoms. The third-order valence-electron chi connectivity index (χ3n) is 2.16. The van der Waals surface area contributed by atoms with E-state index in [9.17, 15) is 17.6 Å². The van der Waals surface area contributed by atoms with Crippen molar-refractivity contribution < 1.29 is 22.3 Å². The monoisotopic (exact) mass is 276 g/mol. The molecule has 0 spiro atoms. The van der Waals surface area contributed by atoms with Crippen LogP contribution in [0, 0.1) is 34.6 Å². The number of hydrogen-bond acceptors (Lipinski definition) is 3. The van der Waals surface area contributed by atoms with Gasteiger partial charge >= 0.3 is 0 Å². The van der Waals surface area contributed by atoms with Gasteiger partial charge in [-0.15, -0.1) is 0 Å². The Hall–Kier alpha value is -1.81. The zero-order valence-electron chi connectivity index (χ0n) is 10.3. The Morgan fingerprint density at radius 3 is 2.16 bits per heavy atom. The van der Waals surface area contributed by atoms with Crippen LogP contribution in [-0.2, 0) is 0 Å². The van der Waals surface area contributed by atoms with Crippen molar-refractivity contribution in [2.45, 2.75) is 25.9 Å². The molecule has 1 atom stereocenters. The van der Waals surface area contributed by atoms with Gasteiger partial charge in [0.25, 0.3) is 0 Å². The molecule has 1 unspecified atom stereocenters. The highest BCUT2D eigenvalue weighted by molar-refractivity contribution is 5.28. The van der Waals surface area contributed by atoms with Crippen LogP contribution in [-0.4, -0.2) is 18.7 Å². The molecule has 0 saturated carbocycles. The van der Waals surface area contributed by atoms with Crippen LogP contribution in [0.15, 0.2) is 6.07 Å². The summed E-state index contributed by atoms with van der Waals surface area (Å²) in [6, 6.07) is 0.973. The third-order valence-corrected chi connectivity index (χ3v) is 2.16. The summed E-state index contributed by atoms with van der Waals surface area (Å²) >= 11 is 0. The molecule has 0 fully saturated rings. The molecular formula is C12H12F4N2O. The van der Waals surface area contributed by atoms with Crippen molar-refractivity contribution in [1.82, 2.24) is 5.32 Å². The summed E-state index contributed by atoms with van der Waals surface area (Å²) in [6.07, 6.45) is 0. The van der Waals surface area contributed by atoms with Crippen molar-refractivity contribution in [2.75, 3.05) is 6.61 Å². The van der Waals surface area contributed by atoms with Gasteiger partial charge in [-0.3, -0.25) is 5.32 Å². The molecule has 0 amide bonds. The summed E-state index contributed by atoms with van der Waals surface area (Å²) in [5, 5.41) is 11.5. The fourth-order valence-electron chi connectivity index (χ4n) is 1.37. The first-order valence-electron chi connectivity index (χ1n) is 5.48. The fraction of sp³-hybridized carbons (Fsp3) is 0.417. The number of benzene rings is 1. The third kappa shape index (κ3) is 3.83. The molecule has 0 aliphatic carbocycles. The number of nitrogens with zero attached hydrogens (tertiary/aromatic N) is 1. The average molecular weight is 276 g/mol. The Kier molecular flexibility index (Phi) is 5.12. The minimum Gasteiger partial charge on any atom is -0.485 e. The maximum Gasteiger partial charge on any atom is 0.203 e. The van der Waals surface area contributed by atoms with E-state index in [0.717, 1.165) is 0 Å². The van der Waals surface area contributed by atoms with Gasteiger partial charge in [-0.05, 0) is 13.8 Å². The van der Waals surface area contributed by atoms with Crippen LogP contribution >= 0.6 is 0 Å². The quantitative estimate of drug-likeness (QED) is 0.664. The smallest absolute Gasteiger partial charge is 0.203 e. The molecule has 1 aromatic carbocycles. The van der Waals surface area contributed by atoms with Gasteiger partial charge in [0.1, 0.15) is 12.6 Å². The molecule has 19 heavy (non-hydrogen) atoms. The lowest BCUT2D eigenvalue weighted by molar-refractivity contribution is 0.248. The van der Waals surface area contributed by atoms with E-state index in [1.807, 2.05) is 0 Å². The Balaban J connectivity index is 2.86. The van der Waals surface area contributed by atoms with Crippen molar-refractivity contribution in [1.29, 1.82) is 5.26 Å². The Bertz CT molecular complexity index is 473. The number of nitriles is 1. The number of hydrogen-bond donors (Lipinski definition) is 1. The van der Waals surface area contributed by atoms with Gasteiger partial charge in [0.05, 0.1) is 6.07 Å². The number of halogens is 4. The molecule has 0 aliphatic rings. The molecule has 0 aliphatic heterocycles. The van der Waals surface area contributed by atoms with Crippen LogP contribution < -0.4 is 10.1 Å². The summed E-state index contributed by atoms with van der Waals surface area (Å²) in [6.45, 7) is 3.08. The molecule has 104 valence electrons. The molecule has 0 radical (unpaired) electrons.